The van der Waals surface area contributed by atoms with Gasteiger partial charge in [0.2, 0.25) is 0 Å². The number of hydrogen-bond acceptors (Lipinski definition) is 5. The molecule has 0 saturated carbocycles. The molecule has 0 aromatic heterocycles. The number of ether oxygens (including phenoxy) is 1. The first-order valence-electron chi connectivity index (χ1n) is 5.63. The van der Waals surface area contributed by atoms with Crippen LogP contribution in [-0.2, 0) is 0 Å². The van der Waals surface area contributed by atoms with Gasteiger partial charge in [0.25, 0.3) is 0 Å². The largest absolute Gasteiger partial charge is 0.445 e. The zero-order valence-corrected chi connectivity index (χ0v) is 11.9. The third-order valence-corrected chi connectivity index (χ3v) is 2.88. The van der Waals surface area contributed by atoms with Crippen LogP contribution in [0.1, 0.15) is 11.1 Å². The SMILES string of the molecule is N#Cc1ccc(C(=S)Oc2ccc(N=C=S)cc2)cc1. The molecule has 2 aromatic rings. The lowest BCUT2D eigenvalue weighted by molar-refractivity contribution is 0.566. The third-order valence-electron chi connectivity index (χ3n) is 2.47. The molecule has 0 radical (unpaired) electrons. The smallest absolute Gasteiger partial charge is 0.198 e. The van der Waals surface area contributed by atoms with E-state index < -0.39 is 0 Å². The molecule has 0 aliphatic rings. The normalized spacial score (nSPS) is 9.15. The summed E-state index contributed by atoms with van der Waals surface area (Å²) in [5, 5.41) is 11.4. The Balaban J connectivity index is 2.10. The topological polar surface area (TPSA) is 45.4 Å². The lowest BCUT2D eigenvalue weighted by atomic mass is 10.1. The van der Waals surface area contributed by atoms with Gasteiger partial charge < -0.3 is 4.74 Å². The van der Waals surface area contributed by atoms with E-state index in [1.807, 2.05) is 0 Å². The van der Waals surface area contributed by atoms with E-state index in [2.05, 4.69) is 28.4 Å². The van der Waals surface area contributed by atoms with Crippen LogP contribution in [0.2, 0.25) is 0 Å². The molecule has 3 nitrogen and oxygen atoms in total. The lowest BCUT2D eigenvalue weighted by Gasteiger charge is -2.07. The zero-order chi connectivity index (χ0) is 14.4. The summed E-state index contributed by atoms with van der Waals surface area (Å²) < 4.78 is 5.57. The van der Waals surface area contributed by atoms with Gasteiger partial charge in [-0.05, 0) is 73.0 Å². The molecule has 0 spiro atoms. The molecule has 0 bridgehead atoms. The number of rotatable bonds is 3. The maximum atomic E-state index is 8.74. The first-order valence-corrected chi connectivity index (χ1v) is 6.45. The van der Waals surface area contributed by atoms with E-state index in [0.717, 1.165) is 5.56 Å². The second kappa shape index (κ2) is 6.69. The predicted molar refractivity (Wildman–Crippen MR) is 84.6 cm³/mol. The van der Waals surface area contributed by atoms with Crippen molar-refractivity contribution in [1.29, 1.82) is 5.26 Å². The van der Waals surface area contributed by atoms with E-state index in [1.54, 1.807) is 48.5 Å². The highest BCUT2D eigenvalue weighted by molar-refractivity contribution is 7.80. The van der Waals surface area contributed by atoms with Crippen molar-refractivity contribution in [2.75, 3.05) is 0 Å². The number of benzene rings is 2. The number of aliphatic imine (C=N–C) groups is 1. The molecule has 0 aliphatic heterocycles. The molecule has 0 fully saturated rings. The Hall–Kier alpha value is -2.38. The Morgan fingerprint density at radius 3 is 2.25 bits per heavy atom. The van der Waals surface area contributed by atoms with Crippen LogP contribution < -0.4 is 4.74 Å². The van der Waals surface area contributed by atoms with Crippen LogP contribution in [0.15, 0.2) is 53.5 Å². The molecular weight excluding hydrogens is 288 g/mol. The molecule has 96 valence electrons. The van der Waals surface area contributed by atoms with Crippen LogP contribution >= 0.6 is 24.4 Å². The molecule has 0 atom stereocenters. The Morgan fingerprint density at radius 2 is 1.70 bits per heavy atom. The van der Waals surface area contributed by atoms with Gasteiger partial charge in [0.15, 0.2) is 5.05 Å². The first kappa shape index (κ1) is 14.0. The molecule has 0 unspecified atom stereocenters. The Morgan fingerprint density at radius 1 is 1.05 bits per heavy atom. The van der Waals surface area contributed by atoms with Crippen LogP contribution in [0.5, 0.6) is 5.75 Å². The molecule has 5 heteroatoms. The highest BCUT2D eigenvalue weighted by Crippen LogP contribution is 2.19. The van der Waals surface area contributed by atoms with E-state index in [-0.39, 0.29) is 0 Å². The molecule has 2 rings (SSSR count). The quantitative estimate of drug-likeness (QED) is 0.633. The monoisotopic (exact) mass is 296 g/mol. The molecule has 0 amide bonds. The summed E-state index contributed by atoms with van der Waals surface area (Å²) in [6.45, 7) is 0. The summed E-state index contributed by atoms with van der Waals surface area (Å²) in [6.07, 6.45) is 0. The first-order chi connectivity index (χ1) is 9.72. The molecule has 0 saturated heterocycles. The van der Waals surface area contributed by atoms with Crippen LogP contribution in [0.25, 0.3) is 0 Å². The third kappa shape index (κ3) is 3.56. The van der Waals surface area contributed by atoms with Gasteiger partial charge in [0.05, 0.1) is 22.5 Å². The highest BCUT2D eigenvalue weighted by atomic mass is 32.1. The maximum Gasteiger partial charge on any atom is 0.198 e. The predicted octanol–water partition coefficient (Wildman–Crippen LogP) is 4.05. The van der Waals surface area contributed by atoms with Crippen molar-refractivity contribution in [1.82, 2.24) is 0 Å². The Kier molecular flexibility index (Phi) is 4.70. The number of nitriles is 1. The lowest BCUT2D eigenvalue weighted by Crippen LogP contribution is -2.06. The van der Waals surface area contributed by atoms with Crippen LogP contribution in [0.3, 0.4) is 0 Å². The second-order valence-corrected chi connectivity index (χ2v) is 4.33. The van der Waals surface area contributed by atoms with Crippen molar-refractivity contribution in [3.05, 3.63) is 59.7 Å². The minimum atomic E-state index is 0.348. The molecule has 0 heterocycles. The van der Waals surface area contributed by atoms with Gasteiger partial charge in [-0.25, -0.2) is 0 Å². The highest BCUT2D eigenvalue weighted by Gasteiger charge is 2.04. The average molecular weight is 296 g/mol. The van der Waals surface area contributed by atoms with Gasteiger partial charge in [0.1, 0.15) is 5.75 Å². The summed E-state index contributed by atoms with van der Waals surface area (Å²) >= 11 is 9.74. The molecule has 20 heavy (non-hydrogen) atoms. The van der Waals surface area contributed by atoms with E-state index in [1.165, 1.54) is 0 Å². The summed E-state index contributed by atoms with van der Waals surface area (Å²) in [4.78, 5) is 3.85. The van der Waals surface area contributed by atoms with E-state index in [4.69, 9.17) is 22.2 Å². The van der Waals surface area contributed by atoms with Crippen LogP contribution in [0.4, 0.5) is 5.69 Å². The number of nitrogens with zero attached hydrogens (tertiary/aromatic N) is 2. The van der Waals surface area contributed by atoms with Gasteiger partial charge in [-0.2, -0.15) is 10.3 Å². The van der Waals surface area contributed by atoms with Crippen LogP contribution in [0, 0.1) is 11.3 Å². The number of isothiocyanates is 1. The Bertz CT molecular complexity index is 709. The van der Waals surface area contributed by atoms with Crippen molar-refractivity contribution >= 4 is 40.3 Å². The van der Waals surface area contributed by atoms with Gasteiger partial charge in [0, 0.05) is 5.56 Å². The van der Waals surface area contributed by atoms with Gasteiger partial charge in [-0.15, -0.1) is 0 Å². The average Bonchev–Trinajstić information content (AvgIpc) is 2.49. The zero-order valence-electron chi connectivity index (χ0n) is 10.2. The van der Waals surface area contributed by atoms with E-state index in [0.29, 0.717) is 22.1 Å². The number of thiocarbonyl (C=S) groups is 2. The standard InChI is InChI=1S/C15H8N2OS2/c16-9-11-1-3-12(4-2-11)15(20)18-14-7-5-13(6-8-14)17-10-19/h1-8H. The summed E-state index contributed by atoms with van der Waals surface area (Å²) in [7, 11) is 0. The van der Waals surface area contributed by atoms with Crippen molar-refractivity contribution in [3.63, 3.8) is 0 Å². The van der Waals surface area contributed by atoms with Gasteiger partial charge in [-0.1, -0.05) is 0 Å². The van der Waals surface area contributed by atoms with Crippen molar-refractivity contribution < 1.29 is 4.74 Å². The van der Waals surface area contributed by atoms with Gasteiger partial charge >= 0.3 is 0 Å². The van der Waals surface area contributed by atoms with Crippen molar-refractivity contribution in [2.24, 2.45) is 4.99 Å². The minimum Gasteiger partial charge on any atom is -0.445 e. The fourth-order valence-electron chi connectivity index (χ4n) is 1.49. The van der Waals surface area contributed by atoms with Crippen molar-refractivity contribution in [3.8, 4) is 11.8 Å². The fourth-order valence-corrected chi connectivity index (χ4v) is 1.83. The maximum absolute atomic E-state index is 8.74. The van der Waals surface area contributed by atoms with E-state index in [9.17, 15) is 0 Å². The minimum absolute atomic E-state index is 0.348. The molecule has 0 aliphatic carbocycles. The molecule has 2 aromatic carbocycles. The Labute approximate surface area is 127 Å². The second-order valence-electron chi connectivity index (χ2n) is 3.78. The van der Waals surface area contributed by atoms with Crippen molar-refractivity contribution in [2.45, 2.75) is 0 Å². The van der Waals surface area contributed by atoms with Crippen LogP contribution in [-0.4, -0.2) is 10.2 Å². The molecule has 0 N–H and O–H groups in total. The summed E-state index contributed by atoms with van der Waals surface area (Å²) in [6, 6.07) is 16.0. The van der Waals surface area contributed by atoms with Gasteiger partial charge in [-0.3, -0.25) is 0 Å². The molecular formula is C15H8N2OS2. The number of hydrogen-bond donors (Lipinski definition) is 0. The summed E-state index contributed by atoms with van der Waals surface area (Å²) in [5.74, 6) is 0.614. The summed E-state index contributed by atoms with van der Waals surface area (Å²) in [5.41, 5.74) is 2.04. The van der Waals surface area contributed by atoms with E-state index >= 15 is 0 Å². The fraction of sp³-hybridized carbons (Fsp3) is 0.